The average Bonchev–Trinajstić information content (AvgIpc) is 2.01. The van der Waals surface area contributed by atoms with Gasteiger partial charge in [0.1, 0.15) is 0 Å². The molecule has 1 heterocycles. The minimum absolute atomic E-state index is 0.793. The van der Waals surface area contributed by atoms with Crippen molar-refractivity contribution in [1.82, 2.24) is 4.98 Å². The standard InChI is InChI=1S/C6H4ClF2NO3S/c7-14(12,13)4-3(5(8)9)1-2-10-6(4)11/h1-2,5H,(H,10,11). The molecule has 4 nitrogen and oxygen atoms in total. The molecule has 0 bridgehead atoms. The summed E-state index contributed by atoms with van der Waals surface area (Å²) in [5, 5.41) is 0. The Morgan fingerprint density at radius 1 is 1.43 bits per heavy atom. The highest BCUT2D eigenvalue weighted by Gasteiger charge is 2.24. The largest absolute Gasteiger partial charge is 0.328 e. The van der Waals surface area contributed by atoms with Gasteiger partial charge in [-0.25, -0.2) is 17.2 Å². The molecule has 1 N–H and O–H groups in total. The van der Waals surface area contributed by atoms with Crippen LogP contribution in [0.1, 0.15) is 12.0 Å². The molecule has 0 spiro atoms. The van der Waals surface area contributed by atoms with E-state index in [4.69, 9.17) is 10.7 Å². The van der Waals surface area contributed by atoms with Crippen LogP contribution in [0.3, 0.4) is 0 Å². The van der Waals surface area contributed by atoms with Crippen LogP contribution in [0.25, 0.3) is 0 Å². The zero-order chi connectivity index (χ0) is 10.9. The van der Waals surface area contributed by atoms with E-state index in [0.29, 0.717) is 0 Å². The van der Waals surface area contributed by atoms with Gasteiger partial charge >= 0.3 is 0 Å². The van der Waals surface area contributed by atoms with Crippen molar-refractivity contribution in [1.29, 1.82) is 0 Å². The van der Waals surface area contributed by atoms with Gasteiger partial charge in [-0.2, -0.15) is 0 Å². The van der Waals surface area contributed by atoms with Crippen LogP contribution in [0, 0.1) is 0 Å². The highest BCUT2D eigenvalue weighted by molar-refractivity contribution is 8.13. The zero-order valence-electron chi connectivity index (χ0n) is 6.50. The van der Waals surface area contributed by atoms with Crippen molar-refractivity contribution >= 4 is 19.7 Å². The molecule has 1 aromatic heterocycles. The van der Waals surface area contributed by atoms with Gasteiger partial charge in [-0.3, -0.25) is 4.79 Å². The van der Waals surface area contributed by atoms with Crippen molar-refractivity contribution in [3.63, 3.8) is 0 Å². The summed E-state index contributed by atoms with van der Waals surface area (Å²) in [6, 6.07) is 0.793. The quantitative estimate of drug-likeness (QED) is 0.795. The summed E-state index contributed by atoms with van der Waals surface area (Å²) in [5.41, 5.74) is -2.05. The molecule has 0 aliphatic rings. The van der Waals surface area contributed by atoms with Gasteiger partial charge in [0, 0.05) is 22.4 Å². The average molecular weight is 244 g/mol. The molecule has 0 aromatic carbocycles. The van der Waals surface area contributed by atoms with E-state index in [2.05, 4.69) is 0 Å². The summed E-state index contributed by atoms with van der Waals surface area (Å²) in [4.78, 5) is 11.8. The van der Waals surface area contributed by atoms with Crippen LogP contribution in [-0.4, -0.2) is 13.4 Å². The first-order valence-corrected chi connectivity index (χ1v) is 5.59. The third kappa shape index (κ3) is 2.10. The van der Waals surface area contributed by atoms with Crippen molar-refractivity contribution in [2.75, 3.05) is 0 Å². The predicted molar refractivity (Wildman–Crippen MR) is 45.1 cm³/mol. The minimum Gasteiger partial charge on any atom is -0.328 e. The van der Waals surface area contributed by atoms with E-state index in [9.17, 15) is 22.0 Å². The second kappa shape index (κ2) is 3.66. The van der Waals surface area contributed by atoms with Crippen molar-refractivity contribution in [2.24, 2.45) is 0 Å². The highest BCUT2D eigenvalue weighted by atomic mass is 35.7. The van der Waals surface area contributed by atoms with Crippen molar-refractivity contribution in [3.8, 4) is 0 Å². The Balaban J connectivity index is 3.63. The van der Waals surface area contributed by atoms with Gasteiger partial charge in [-0.15, -0.1) is 0 Å². The number of pyridine rings is 1. The number of aromatic nitrogens is 1. The summed E-state index contributed by atoms with van der Waals surface area (Å²) in [5.74, 6) is 0. The van der Waals surface area contributed by atoms with E-state index >= 15 is 0 Å². The maximum Gasteiger partial charge on any atom is 0.268 e. The first-order valence-electron chi connectivity index (χ1n) is 3.28. The van der Waals surface area contributed by atoms with Crippen molar-refractivity contribution < 1.29 is 17.2 Å². The van der Waals surface area contributed by atoms with Crippen LogP contribution in [0.4, 0.5) is 8.78 Å². The minimum atomic E-state index is -4.46. The van der Waals surface area contributed by atoms with Crippen molar-refractivity contribution in [2.45, 2.75) is 11.3 Å². The third-order valence-electron chi connectivity index (χ3n) is 1.42. The van der Waals surface area contributed by atoms with E-state index in [1.807, 2.05) is 4.98 Å². The lowest BCUT2D eigenvalue weighted by molar-refractivity contribution is 0.147. The number of alkyl halides is 2. The Labute approximate surface area is 81.9 Å². The third-order valence-corrected chi connectivity index (χ3v) is 2.80. The van der Waals surface area contributed by atoms with Crippen LogP contribution in [0.5, 0.6) is 0 Å². The van der Waals surface area contributed by atoms with E-state index in [1.165, 1.54) is 0 Å². The van der Waals surface area contributed by atoms with E-state index in [-0.39, 0.29) is 0 Å². The number of halogens is 3. The van der Waals surface area contributed by atoms with Crippen LogP contribution < -0.4 is 5.56 Å². The fourth-order valence-electron chi connectivity index (χ4n) is 0.903. The molecule has 8 heteroatoms. The molecule has 0 unspecified atom stereocenters. The molecule has 14 heavy (non-hydrogen) atoms. The Hall–Kier alpha value is -0.950. The van der Waals surface area contributed by atoms with Gasteiger partial charge in [-0.1, -0.05) is 0 Å². The van der Waals surface area contributed by atoms with Gasteiger partial charge in [-0.05, 0) is 6.07 Å². The Morgan fingerprint density at radius 3 is 2.36 bits per heavy atom. The summed E-state index contributed by atoms with van der Waals surface area (Å²) >= 11 is 0. The maximum absolute atomic E-state index is 12.3. The SMILES string of the molecule is O=c1[nH]ccc(C(F)F)c1S(=O)(=O)Cl. The summed E-state index contributed by atoms with van der Waals surface area (Å²) in [6.45, 7) is 0. The summed E-state index contributed by atoms with van der Waals surface area (Å²) in [6.07, 6.45) is -2.14. The molecule has 0 aliphatic carbocycles. The molecule has 1 aromatic rings. The molecule has 0 radical (unpaired) electrons. The van der Waals surface area contributed by atoms with Gasteiger partial charge in [0.05, 0.1) is 0 Å². The molecular weight excluding hydrogens is 240 g/mol. The molecule has 0 atom stereocenters. The van der Waals surface area contributed by atoms with Gasteiger partial charge in [0.2, 0.25) is 0 Å². The summed E-state index contributed by atoms with van der Waals surface area (Å²) < 4.78 is 46.1. The number of rotatable bonds is 2. The lowest BCUT2D eigenvalue weighted by atomic mass is 10.3. The lowest BCUT2D eigenvalue weighted by Crippen LogP contribution is -2.17. The molecular formula is C6H4ClF2NO3S. The molecule has 0 saturated heterocycles. The van der Waals surface area contributed by atoms with Crippen LogP contribution >= 0.6 is 10.7 Å². The maximum atomic E-state index is 12.3. The van der Waals surface area contributed by atoms with Crippen LogP contribution in [-0.2, 0) is 9.05 Å². The van der Waals surface area contributed by atoms with Crippen LogP contribution in [0.15, 0.2) is 22.0 Å². The molecule has 0 amide bonds. The summed E-state index contributed by atoms with van der Waals surface area (Å²) in [7, 11) is 0.371. The van der Waals surface area contributed by atoms with Gasteiger partial charge in [0.25, 0.3) is 21.0 Å². The fourth-order valence-corrected chi connectivity index (χ4v) is 2.10. The molecule has 0 aliphatic heterocycles. The number of hydrogen-bond donors (Lipinski definition) is 1. The van der Waals surface area contributed by atoms with Gasteiger partial charge in [0.15, 0.2) is 4.90 Å². The second-order valence-electron chi connectivity index (χ2n) is 2.33. The fraction of sp³-hybridized carbons (Fsp3) is 0.167. The molecule has 1 rings (SSSR count). The normalized spacial score (nSPS) is 12.0. The first kappa shape index (κ1) is 11.1. The molecule has 0 fully saturated rings. The first-order chi connectivity index (χ1) is 6.34. The van der Waals surface area contributed by atoms with Crippen LogP contribution in [0.2, 0.25) is 0 Å². The molecule has 0 saturated carbocycles. The van der Waals surface area contributed by atoms with E-state index in [0.717, 1.165) is 12.3 Å². The topological polar surface area (TPSA) is 67.0 Å². The Kier molecular flexibility index (Phi) is 2.91. The number of hydrogen-bond acceptors (Lipinski definition) is 3. The zero-order valence-corrected chi connectivity index (χ0v) is 8.07. The van der Waals surface area contributed by atoms with Crippen molar-refractivity contribution in [3.05, 3.63) is 28.2 Å². The predicted octanol–water partition coefficient (Wildman–Crippen LogP) is 1.24. The number of H-pyrrole nitrogens is 1. The number of aromatic amines is 1. The van der Waals surface area contributed by atoms with Gasteiger partial charge < -0.3 is 4.98 Å². The Morgan fingerprint density at radius 2 is 2.00 bits per heavy atom. The lowest BCUT2D eigenvalue weighted by Gasteiger charge is -2.03. The van der Waals surface area contributed by atoms with E-state index < -0.39 is 31.5 Å². The molecule has 78 valence electrons. The smallest absolute Gasteiger partial charge is 0.268 e. The highest BCUT2D eigenvalue weighted by Crippen LogP contribution is 2.25. The number of nitrogens with one attached hydrogen (secondary N) is 1. The Bertz CT molecular complexity index is 496. The second-order valence-corrected chi connectivity index (χ2v) is 4.83. The van der Waals surface area contributed by atoms with E-state index in [1.54, 1.807) is 0 Å². The monoisotopic (exact) mass is 243 g/mol.